The van der Waals surface area contributed by atoms with Gasteiger partial charge in [0.15, 0.2) is 16.6 Å². The third-order valence-electron chi connectivity index (χ3n) is 5.65. The van der Waals surface area contributed by atoms with E-state index in [9.17, 15) is 4.79 Å². The summed E-state index contributed by atoms with van der Waals surface area (Å²) in [6.45, 7) is 2.82. The van der Waals surface area contributed by atoms with E-state index in [1.807, 2.05) is 61.5 Å². The molecule has 0 unspecified atom stereocenters. The van der Waals surface area contributed by atoms with Crippen molar-refractivity contribution in [3.8, 4) is 17.2 Å². The lowest BCUT2D eigenvalue weighted by atomic mass is 10.1. The van der Waals surface area contributed by atoms with E-state index >= 15 is 0 Å². The number of aromatic amines is 1. The van der Waals surface area contributed by atoms with Crippen LogP contribution in [0, 0.1) is 0 Å². The molecule has 0 spiro atoms. The fourth-order valence-corrected chi connectivity index (χ4v) is 4.07. The van der Waals surface area contributed by atoms with Gasteiger partial charge < -0.3 is 34.3 Å². The first-order valence-corrected chi connectivity index (χ1v) is 11.6. The van der Waals surface area contributed by atoms with E-state index in [2.05, 4.69) is 15.2 Å². The van der Waals surface area contributed by atoms with Crippen LogP contribution < -0.4 is 25.1 Å². The SMILES string of the molecule is COc1ccc2[nH]c(=O)c(CN(Cc3ccc4c(c3)OCO4)C(=S)NCCCN(C)C)cc2c1. The molecule has 4 rings (SSSR count). The van der Waals surface area contributed by atoms with Crippen molar-refractivity contribution < 1.29 is 14.2 Å². The average molecular weight is 483 g/mol. The Morgan fingerprint density at radius 1 is 1.12 bits per heavy atom. The van der Waals surface area contributed by atoms with Gasteiger partial charge in [0.2, 0.25) is 6.79 Å². The molecule has 2 N–H and O–H groups in total. The van der Waals surface area contributed by atoms with Crippen molar-refractivity contribution in [2.45, 2.75) is 19.5 Å². The number of fused-ring (bicyclic) bond motifs is 2. The number of benzene rings is 2. The number of rotatable bonds is 9. The smallest absolute Gasteiger partial charge is 0.253 e. The van der Waals surface area contributed by atoms with E-state index in [0.29, 0.717) is 23.8 Å². The van der Waals surface area contributed by atoms with Crippen LogP contribution in [0.3, 0.4) is 0 Å². The largest absolute Gasteiger partial charge is 0.497 e. The third-order valence-corrected chi connectivity index (χ3v) is 6.05. The Labute approximate surface area is 204 Å². The summed E-state index contributed by atoms with van der Waals surface area (Å²) in [6, 6.07) is 13.3. The van der Waals surface area contributed by atoms with Crippen molar-refractivity contribution >= 4 is 28.2 Å². The lowest BCUT2D eigenvalue weighted by Gasteiger charge is -2.26. The van der Waals surface area contributed by atoms with Crippen molar-refractivity contribution in [2.24, 2.45) is 0 Å². The van der Waals surface area contributed by atoms with Crippen LogP contribution in [0.1, 0.15) is 17.5 Å². The first-order chi connectivity index (χ1) is 16.4. The summed E-state index contributed by atoms with van der Waals surface area (Å²) in [6.07, 6.45) is 0.960. The summed E-state index contributed by atoms with van der Waals surface area (Å²) in [5.41, 5.74) is 2.27. The van der Waals surface area contributed by atoms with E-state index in [-0.39, 0.29) is 12.4 Å². The second-order valence-electron chi connectivity index (χ2n) is 8.51. The van der Waals surface area contributed by atoms with Gasteiger partial charge in [-0.1, -0.05) is 6.07 Å². The number of nitrogens with zero attached hydrogens (tertiary/aromatic N) is 2. The molecule has 0 bridgehead atoms. The van der Waals surface area contributed by atoms with Gasteiger partial charge in [-0.25, -0.2) is 0 Å². The van der Waals surface area contributed by atoms with Crippen LogP contribution >= 0.6 is 12.2 Å². The minimum atomic E-state index is -0.135. The van der Waals surface area contributed by atoms with Crippen LogP contribution in [0.15, 0.2) is 47.3 Å². The zero-order valence-corrected chi connectivity index (χ0v) is 20.5. The van der Waals surface area contributed by atoms with Gasteiger partial charge in [0.05, 0.1) is 13.7 Å². The van der Waals surface area contributed by atoms with Crippen LogP contribution in [0.4, 0.5) is 0 Å². The fraction of sp³-hybridized carbons (Fsp3) is 0.360. The highest BCUT2D eigenvalue weighted by Crippen LogP contribution is 2.33. The molecular formula is C25H30N4O4S. The Kier molecular flexibility index (Phi) is 7.54. The van der Waals surface area contributed by atoms with Gasteiger partial charge in [-0.15, -0.1) is 0 Å². The third kappa shape index (κ3) is 5.78. The summed E-state index contributed by atoms with van der Waals surface area (Å²) in [4.78, 5) is 20.0. The van der Waals surface area contributed by atoms with Gasteiger partial charge >= 0.3 is 0 Å². The number of pyridine rings is 1. The molecule has 2 heterocycles. The van der Waals surface area contributed by atoms with E-state index in [4.69, 9.17) is 26.4 Å². The second kappa shape index (κ2) is 10.8. The quantitative estimate of drug-likeness (QED) is 0.356. The van der Waals surface area contributed by atoms with Crippen LogP contribution in [0.2, 0.25) is 0 Å². The zero-order valence-electron chi connectivity index (χ0n) is 19.7. The Bertz CT molecular complexity index is 1230. The molecule has 0 fully saturated rings. The summed E-state index contributed by atoms with van der Waals surface area (Å²) in [7, 11) is 5.72. The molecular weight excluding hydrogens is 452 g/mol. The number of nitrogens with one attached hydrogen (secondary N) is 2. The Balaban J connectivity index is 1.57. The minimum Gasteiger partial charge on any atom is -0.497 e. The van der Waals surface area contributed by atoms with Gasteiger partial charge in [-0.3, -0.25) is 4.79 Å². The molecule has 2 aromatic carbocycles. The Hall–Kier alpha value is -3.30. The molecule has 1 aliphatic rings. The molecule has 180 valence electrons. The fourth-order valence-electron chi connectivity index (χ4n) is 3.84. The van der Waals surface area contributed by atoms with Gasteiger partial charge in [0.25, 0.3) is 5.56 Å². The molecule has 8 nitrogen and oxygen atoms in total. The van der Waals surface area contributed by atoms with Crippen LogP contribution in [-0.2, 0) is 13.1 Å². The Morgan fingerprint density at radius 3 is 2.74 bits per heavy atom. The van der Waals surface area contributed by atoms with Crippen LogP contribution in [-0.4, -0.2) is 61.0 Å². The van der Waals surface area contributed by atoms with E-state index < -0.39 is 0 Å². The number of H-pyrrole nitrogens is 1. The van der Waals surface area contributed by atoms with E-state index in [1.165, 1.54) is 0 Å². The highest BCUT2D eigenvalue weighted by atomic mass is 32.1. The topological polar surface area (TPSA) is 79.1 Å². The highest BCUT2D eigenvalue weighted by Gasteiger charge is 2.18. The highest BCUT2D eigenvalue weighted by molar-refractivity contribution is 7.80. The maximum atomic E-state index is 12.9. The van der Waals surface area contributed by atoms with Gasteiger partial charge in [-0.2, -0.15) is 0 Å². The predicted molar refractivity (Wildman–Crippen MR) is 137 cm³/mol. The molecule has 0 aliphatic carbocycles. The summed E-state index contributed by atoms with van der Waals surface area (Å²) in [5, 5.41) is 4.85. The maximum absolute atomic E-state index is 12.9. The van der Waals surface area contributed by atoms with E-state index in [1.54, 1.807) is 7.11 Å². The molecule has 34 heavy (non-hydrogen) atoms. The minimum absolute atomic E-state index is 0.135. The molecule has 1 aromatic heterocycles. The molecule has 1 aliphatic heterocycles. The van der Waals surface area contributed by atoms with Crippen molar-refractivity contribution in [3.63, 3.8) is 0 Å². The van der Waals surface area contributed by atoms with Crippen LogP contribution in [0.25, 0.3) is 10.9 Å². The number of methoxy groups -OCH3 is 1. The lowest BCUT2D eigenvalue weighted by Crippen LogP contribution is -2.40. The monoisotopic (exact) mass is 482 g/mol. The standard InChI is InChI=1S/C25H30N4O4S/c1-28(2)10-4-9-26-25(34)29(14-17-5-8-22-23(11-17)33-16-32-22)15-19-12-18-13-20(31-3)6-7-21(18)27-24(19)30/h5-8,11-13H,4,9-10,14-16H2,1-3H3,(H,26,34)(H,27,30). The number of thiocarbonyl (C=S) groups is 1. The number of hydrogen-bond acceptors (Lipinski definition) is 6. The molecule has 0 saturated carbocycles. The molecule has 0 atom stereocenters. The molecule has 9 heteroatoms. The Morgan fingerprint density at radius 2 is 1.94 bits per heavy atom. The molecule has 0 amide bonds. The van der Waals surface area contributed by atoms with E-state index in [0.717, 1.165) is 53.2 Å². The average Bonchev–Trinajstić information content (AvgIpc) is 3.29. The van der Waals surface area contributed by atoms with Crippen molar-refractivity contribution in [2.75, 3.05) is 41.1 Å². The number of ether oxygens (including phenoxy) is 3. The van der Waals surface area contributed by atoms with Gasteiger partial charge in [0, 0.05) is 29.6 Å². The maximum Gasteiger partial charge on any atom is 0.253 e. The lowest BCUT2D eigenvalue weighted by molar-refractivity contribution is 0.174. The zero-order chi connectivity index (χ0) is 24.1. The predicted octanol–water partition coefficient (Wildman–Crippen LogP) is 3.09. The van der Waals surface area contributed by atoms with Crippen molar-refractivity contribution in [3.05, 3.63) is 63.9 Å². The van der Waals surface area contributed by atoms with Crippen molar-refractivity contribution in [1.82, 2.24) is 20.1 Å². The summed E-state index contributed by atoms with van der Waals surface area (Å²) >= 11 is 5.74. The van der Waals surface area contributed by atoms with Crippen LogP contribution in [0.5, 0.6) is 17.2 Å². The second-order valence-corrected chi connectivity index (χ2v) is 8.90. The molecule has 3 aromatic rings. The normalized spacial score (nSPS) is 12.2. The molecule has 0 saturated heterocycles. The molecule has 0 radical (unpaired) electrons. The van der Waals surface area contributed by atoms with Crippen molar-refractivity contribution in [1.29, 1.82) is 0 Å². The first kappa shape index (κ1) is 23.8. The van der Waals surface area contributed by atoms with Gasteiger partial charge in [-0.05, 0) is 81.2 Å². The van der Waals surface area contributed by atoms with Gasteiger partial charge in [0.1, 0.15) is 5.75 Å². The number of aromatic nitrogens is 1. The summed E-state index contributed by atoms with van der Waals surface area (Å²) in [5.74, 6) is 2.19. The number of hydrogen-bond donors (Lipinski definition) is 2. The summed E-state index contributed by atoms with van der Waals surface area (Å²) < 4.78 is 16.3. The first-order valence-electron chi connectivity index (χ1n) is 11.2.